The number of hydrogen-bond donors (Lipinski definition) is 0. The Balaban J connectivity index is 1.58. The van der Waals surface area contributed by atoms with Crippen LogP contribution < -0.4 is 10.2 Å². The monoisotopic (exact) mass is 401 g/mol. The number of ether oxygens (including phenoxy) is 2. The molecule has 29 heavy (non-hydrogen) atoms. The zero-order valence-electron chi connectivity index (χ0n) is 19.1. The lowest BCUT2D eigenvalue weighted by Crippen LogP contribution is -2.42. The van der Waals surface area contributed by atoms with Gasteiger partial charge in [0.2, 0.25) is 0 Å². The van der Waals surface area contributed by atoms with Crippen LogP contribution in [0.25, 0.3) is 0 Å². The fourth-order valence-electron chi connectivity index (χ4n) is 3.55. The highest BCUT2D eigenvalue weighted by Gasteiger charge is 2.51. The highest BCUT2D eigenvalue weighted by Crippen LogP contribution is 2.36. The maximum absolute atomic E-state index is 6.25. The number of rotatable bonds is 5. The summed E-state index contributed by atoms with van der Waals surface area (Å²) in [6, 6.07) is 8.05. The molecule has 2 saturated heterocycles. The fourth-order valence-corrected chi connectivity index (χ4v) is 3.55. The molecule has 1 unspecified atom stereocenters. The zero-order valence-corrected chi connectivity index (χ0v) is 19.1. The molecule has 0 aliphatic carbocycles. The van der Waals surface area contributed by atoms with Crippen LogP contribution in [0.15, 0.2) is 36.7 Å². The Morgan fingerprint density at radius 1 is 1.10 bits per heavy atom. The van der Waals surface area contributed by atoms with Gasteiger partial charge in [0.25, 0.3) is 0 Å². The van der Waals surface area contributed by atoms with E-state index < -0.39 is 0 Å². The van der Waals surface area contributed by atoms with E-state index in [0.717, 1.165) is 43.0 Å². The molecular weight excluding hydrogens is 365 g/mol. The maximum atomic E-state index is 6.25. The predicted octanol–water partition coefficient (Wildman–Crippen LogP) is 4.12. The molecule has 6 heteroatoms. The summed E-state index contributed by atoms with van der Waals surface area (Å²) in [5.41, 5.74) is 0.0910. The third-order valence-electron chi connectivity index (χ3n) is 5.86. The largest absolute Gasteiger partial charge is 0.494 e. The van der Waals surface area contributed by atoms with E-state index in [-0.39, 0.29) is 30.0 Å². The van der Waals surface area contributed by atoms with Crippen molar-refractivity contribution >= 4 is 12.6 Å². The summed E-state index contributed by atoms with van der Waals surface area (Å²) in [5.74, 6) is 1.58. The van der Waals surface area contributed by atoms with Gasteiger partial charge >= 0.3 is 7.12 Å². The molecule has 2 fully saturated rings. The van der Waals surface area contributed by atoms with Crippen molar-refractivity contribution in [2.24, 2.45) is 0 Å². The molecular formula is C23H36BNO4. The van der Waals surface area contributed by atoms with Crippen LogP contribution in [0.3, 0.4) is 0 Å². The molecule has 3 rings (SSSR count). The lowest BCUT2D eigenvalue weighted by atomic mass is 9.79. The van der Waals surface area contributed by atoms with Crippen molar-refractivity contribution in [2.75, 3.05) is 13.1 Å². The molecule has 0 amide bonds. The van der Waals surface area contributed by atoms with E-state index in [1.807, 2.05) is 45.0 Å². The minimum atomic E-state index is -0.350. The highest BCUT2D eigenvalue weighted by atomic mass is 16.7. The Morgan fingerprint density at radius 3 is 2.24 bits per heavy atom. The Hall–Kier alpha value is -1.66. The van der Waals surface area contributed by atoms with Crippen LogP contribution in [0, 0.1) is 0 Å². The number of nitrogens with zero attached hydrogens (tertiary/aromatic N) is 1. The normalized spacial score (nSPS) is 23.8. The third-order valence-corrected chi connectivity index (χ3v) is 5.86. The fraction of sp³-hybridized carbons (Fsp3) is 0.652. The van der Waals surface area contributed by atoms with Crippen LogP contribution in [-0.2, 0) is 14.0 Å². The zero-order chi connectivity index (χ0) is 21.4. The Morgan fingerprint density at radius 2 is 1.69 bits per heavy atom. The minimum Gasteiger partial charge on any atom is -0.489 e. The first-order valence-corrected chi connectivity index (χ1v) is 10.6. The number of hydrogen-bond acceptors (Lipinski definition) is 5. The average molecular weight is 401 g/mol. The quantitative estimate of drug-likeness (QED) is 0.549. The lowest BCUT2D eigenvalue weighted by molar-refractivity contribution is -0.0167. The van der Waals surface area contributed by atoms with Gasteiger partial charge in [-0.2, -0.15) is 0 Å². The van der Waals surface area contributed by atoms with E-state index in [0.29, 0.717) is 0 Å². The van der Waals surface area contributed by atoms with Gasteiger partial charge in [-0.1, -0.05) is 12.1 Å². The molecule has 1 aromatic carbocycles. The highest BCUT2D eigenvalue weighted by molar-refractivity contribution is 6.62. The van der Waals surface area contributed by atoms with Gasteiger partial charge in [0.1, 0.15) is 17.5 Å². The van der Waals surface area contributed by atoms with Gasteiger partial charge in [-0.25, -0.2) is 0 Å². The summed E-state index contributed by atoms with van der Waals surface area (Å²) in [4.78, 5) is 2.18. The first kappa shape index (κ1) is 22.0. The molecule has 5 nitrogen and oxygen atoms in total. The number of benzene rings is 1. The van der Waals surface area contributed by atoms with Crippen LogP contribution in [0.5, 0.6) is 5.75 Å². The van der Waals surface area contributed by atoms with Crippen LogP contribution in [0.2, 0.25) is 0 Å². The summed E-state index contributed by atoms with van der Waals surface area (Å²) >= 11 is 0. The van der Waals surface area contributed by atoms with Crippen LogP contribution in [0.4, 0.5) is 0 Å². The molecule has 1 atom stereocenters. The Labute approximate surface area is 176 Å². The first-order chi connectivity index (χ1) is 13.4. The molecule has 2 aliphatic rings. The number of likely N-dealkylation sites (tertiary alicyclic amines) is 1. The second kappa shape index (κ2) is 7.88. The number of piperidine rings is 1. The molecule has 0 bridgehead atoms. The summed E-state index contributed by atoms with van der Waals surface area (Å²) in [6.45, 7) is 20.2. The average Bonchev–Trinajstić information content (AvgIpc) is 2.82. The molecule has 0 spiro atoms. The van der Waals surface area contributed by atoms with Crippen molar-refractivity contribution in [3.8, 4) is 5.75 Å². The second-order valence-electron chi connectivity index (χ2n) is 10.1. The molecule has 0 N–H and O–H groups in total. The molecule has 160 valence electrons. The molecule has 0 aromatic heterocycles. The van der Waals surface area contributed by atoms with Crippen molar-refractivity contribution in [2.45, 2.75) is 84.2 Å². The summed E-state index contributed by atoms with van der Waals surface area (Å²) < 4.78 is 24.4. The first-order valence-electron chi connectivity index (χ1n) is 10.6. The topological polar surface area (TPSA) is 40.2 Å². The van der Waals surface area contributed by atoms with Crippen LogP contribution in [0.1, 0.15) is 61.3 Å². The Kier molecular flexibility index (Phi) is 5.99. The standard InChI is InChI=1S/C23H36BNO4/c1-17(27-21(2,3)4)25-15-9-10-20(16-25)26-19-13-11-18(12-14-19)24-28-22(5,6)23(7,8)29-24/h11-14,20H,1,9-10,15-16H2,2-8H3. The van der Waals surface area contributed by atoms with E-state index in [1.54, 1.807) is 0 Å². The lowest BCUT2D eigenvalue weighted by Gasteiger charge is -2.37. The van der Waals surface area contributed by atoms with Gasteiger partial charge in [-0.15, -0.1) is 0 Å². The summed E-state index contributed by atoms with van der Waals surface area (Å²) in [7, 11) is -0.350. The molecule has 1 aromatic rings. The van der Waals surface area contributed by atoms with Gasteiger partial charge in [0.15, 0.2) is 5.88 Å². The molecule has 2 aliphatic heterocycles. The van der Waals surface area contributed by atoms with Crippen molar-refractivity contribution in [3.63, 3.8) is 0 Å². The molecule has 2 heterocycles. The van der Waals surface area contributed by atoms with Crippen molar-refractivity contribution < 1.29 is 18.8 Å². The van der Waals surface area contributed by atoms with E-state index >= 15 is 0 Å². The third kappa shape index (κ3) is 5.29. The smallest absolute Gasteiger partial charge is 0.489 e. The van der Waals surface area contributed by atoms with Crippen LogP contribution >= 0.6 is 0 Å². The van der Waals surface area contributed by atoms with Crippen molar-refractivity contribution in [3.05, 3.63) is 36.7 Å². The Bertz CT molecular complexity index is 707. The van der Waals surface area contributed by atoms with Gasteiger partial charge in [0.05, 0.1) is 17.7 Å². The van der Waals surface area contributed by atoms with E-state index in [1.165, 1.54) is 0 Å². The van der Waals surface area contributed by atoms with Crippen molar-refractivity contribution in [1.29, 1.82) is 0 Å². The second-order valence-corrected chi connectivity index (χ2v) is 10.1. The van der Waals surface area contributed by atoms with E-state index in [9.17, 15) is 0 Å². The predicted molar refractivity (Wildman–Crippen MR) is 117 cm³/mol. The van der Waals surface area contributed by atoms with Gasteiger partial charge in [-0.05, 0) is 85.5 Å². The maximum Gasteiger partial charge on any atom is 0.494 e. The van der Waals surface area contributed by atoms with Gasteiger partial charge in [0, 0.05) is 6.54 Å². The van der Waals surface area contributed by atoms with Crippen LogP contribution in [-0.4, -0.2) is 48.0 Å². The summed E-state index contributed by atoms with van der Waals surface area (Å²) in [6.07, 6.45) is 2.20. The van der Waals surface area contributed by atoms with E-state index in [4.69, 9.17) is 18.8 Å². The van der Waals surface area contributed by atoms with Gasteiger partial charge in [-0.3, -0.25) is 0 Å². The molecule has 0 radical (unpaired) electrons. The minimum absolute atomic E-state index is 0.117. The SMILES string of the molecule is C=C(OC(C)(C)C)N1CCCC(Oc2ccc(B3OC(C)(C)C(C)(C)O3)cc2)C1. The van der Waals surface area contributed by atoms with Crippen molar-refractivity contribution in [1.82, 2.24) is 4.90 Å². The van der Waals surface area contributed by atoms with Gasteiger partial charge < -0.3 is 23.7 Å². The van der Waals surface area contributed by atoms with E-state index in [2.05, 4.69) is 39.2 Å². The summed E-state index contributed by atoms with van der Waals surface area (Å²) in [5, 5.41) is 0. The molecule has 0 saturated carbocycles.